The van der Waals surface area contributed by atoms with Gasteiger partial charge in [-0.3, -0.25) is 9.59 Å². The van der Waals surface area contributed by atoms with Gasteiger partial charge >= 0.3 is 0 Å². The van der Waals surface area contributed by atoms with Gasteiger partial charge in [-0.1, -0.05) is 34.6 Å². The maximum absolute atomic E-state index is 12.7. The van der Waals surface area contributed by atoms with Crippen molar-refractivity contribution in [3.05, 3.63) is 29.8 Å². The molecule has 0 spiro atoms. The molecule has 1 aromatic rings. The van der Waals surface area contributed by atoms with E-state index in [4.69, 9.17) is 0 Å². The summed E-state index contributed by atoms with van der Waals surface area (Å²) in [6.07, 6.45) is 0.552. The smallest absolute Gasteiger partial charge is 0.253 e. The van der Waals surface area contributed by atoms with Gasteiger partial charge in [0, 0.05) is 48.3 Å². The van der Waals surface area contributed by atoms with Crippen LogP contribution in [0.5, 0.6) is 0 Å². The topological polar surface area (TPSA) is 40.6 Å². The number of thioether (sulfide) groups is 1. The van der Waals surface area contributed by atoms with E-state index in [-0.39, 0.29) is 17.2 Å². The zero-order valence-corrected chi connectivity index (χ0v) is 16.9. The summed E-state index contributed by atoms with van der Waals surface area (Å²) in [4.78, 5) is 29.9. The monoisotopic (exact) mass is 362 g/mol. The number of hydrogen-bond acceptors (Lipinski definition) is 3. The van der Waals surface area contributed by atoms with Crippen LogP contribution in [0.2, 0.25) is 0 Å². The molecule has 0 aliphatic carbocycles. The number of nitrogens with zero attached hydrogens (tertiary/aromatic N) is 2. The number of piperazine rings is 1. The van der Waals surface area contributed by atoms with Crippen molar-refractivity contribution in [2.75, 3.05) is 26.2 Å². The van der Waals surface area contributed by atoms with Gasteiger partial charge in [0.15, 0.2) is 0 Å². The summed E-state index contributed by atoms with van der Waals surface area (Å²) < 4.78 is 0. The molecule has 1 aromatic carbocycles. The zero-order chi connectivity index (χ0) is 18.6. The lowest BCUT2D eigenvalue weighted by atomic mass is 9.91. The van der Waals surface area contributed by atoms with Crippen LogP contribution in [0.4, 0.5) is 0 Å². The zero-order valence-electron chi connectivity index (χ0n) is 16.0. The number of amides is 2. The molecular weight excluding hydrogens is 332 g/mol. The largest absolute Gasteiger partial charge is 0.339 e. The Morgan fingerprint density at radius 2 is 1.52 bits per heavy atom. The summed E-state index contributed by atoms with van der Waals surface area (Å²) in [6.45, 7) is 13.0. The van der Waals surface area contributed by atoms with Crippen LogP contribution in [0.25, 0.3) is 0 Å². The Morgan fingerprint density at radius 1 is 1.00 bits per heavy atom. The van der Waals surface area contributed by atoms with E-state index < -0.39 is 0 Å². The third-order valence-corrected chi connectivity index (χ3v) is 5.09. The molecule has 2 amide bonds. The summed E-state index contributed by atoms with van der Waals surface area (Å²) in [5.41, 5.74) is 0.724. The van der Waals surface area contributed by atoms with Crippen LogP contribution in [-0.2, 0) is 4.79 Å². The molecule has 0 N–H and O–H groups in total. The van der Waals surface area contributed by atoms with E-state index >= 15 is 0 Å². The molecule has 1 fully saturated rings. The second-order valence-corrected chi connectivity index (χ2v) is 9.75. The molecule has 25 heavy (non-hydrogen) atoms. The lowest BCUT2D eigenvalue weighted by Crippen LogP contribution is -2.51. The molecule has 1 aliphatic rings. The van der Waals surface area contributed by atoms with Gasteiger partial charge in [-0.2, -0.15) is 0 Å². The molecule has 138 valence electrons. The van der Waals surface area contributed by atoms with Crippen LogP contribution >= 0.6 is 11.8 Å². The highest BCUT2D eigenvalue weighted by Crippen LogP contribution is 2.24. The van der Waals surface area contributed by atoms with Gasteiger partial charge in [0.2, 0.25) is 5.91 Å². The first-order chi connectivity index (χ1) is 11.7. The van der Waals surface area contributed by atoms with Crippen molar-refractivity contribution in [1.29, 1.82) is 0 Å². The Labute approximate surface area is 156 Å². The summed E-state index contributed by atoms with van der Waals surface area (Å²) in [7, 11) is 0. The first-order valence-corrected chi connectivity index (χ1v) is 9.87. The van der Waals surface area contributed by atoms with E-state index in [2.05, 4.69) is 34.6 Å². The molecule has 4 nitrogen and oxygen atoms in total. The van der Waals surface area contributed by atoms with Gasteiger partial charge in [0.25, 0.3) is 5.91 Å². The molecular formula is C20H30N2O2S. The minimum atomic E-state index is -0.000217. The van der Waals surface area contributed by atoms with Gasteiger partial charge in [-0.05, 0) is 29.7 Å². The third kappa shape index (κ3) is 6.07. The van der Waals surface area contributed by atoms with Gasteiger partial charge in [0.05, 0.1) is 0 Å². The molecule has 0 radical (unpaired) electrons. The Balaban J connectivity index is 1.89. The quantitative estimate of drug-likeness (QED) is 0.763. The van der Waals surface area contributed by atoms with Crippen molar-refractivity contribution in [2.24, 2.45) is 5.41 Å². The number of rotatable bonds is 4. The number of carbonyl (C=O) groups excluding carboxylic acids is 2. The highest BCUT2D eigenvalue weighted by atomic mass is 32.2. The molecule has 0 unspecified atom stereocenters. The fourth-order valence-corrected chi connectivity index (χ4v) is 3.69. The van der Waals surface area contributed by atoms with Crippen molar-refractivity contribution < 1.29 is 9.59 Å². The van der Waals surface area contributed by atoms with Crippen LogP contribution in [0.3, 0.4) is 0 Å². The van der Waals surface area contributed by atoms with Crippen LogP contribution < -0.4 is 0 Å². The summed E-state index contributed by atoms with van der Waals surface area (Å²) in [6, 6.07) is 7.84. The van der Waals surface area contributed by atoms with Crippen LogP contribution in [0.15, 0.2) is 29.2 Å². The molecule has 0 aromatic heterocycles. The molecule has 5 heteroatoms. The molecule has 1 heterocycles. The van der Waals surface area contributed by atoms with Gasteiger partial charge in [-0.15, -0.1) is 11.8 Å². The average molecular weight is 363 g/mol. The van der Waals surface area contributed by atoms with E-state index in [1.807, 2.05) is 34.1 Å². The Kier molecular flexibility index (Phi) is 6.55. The van der Waals surface area contributed by atoms with Crippen molar-refractivity contribution >= 4 is 23.6 Å². The molecule has 1 saturated heterocycles. The van der Waals surface area contributed by atoms with Gasteiger partial charge in [-0.25, -0.2) is 0 Å². The predicted molar refractivity (Wildman–Crippen MR) is 104 cm³/mol. The first kappa shape index (κ1) is 19.8. The molecule has 0 atom stereocenters. The third-order valence-electron chi connectivity index (χ3n) is 4.07. The van der Waals surface area contributed by atoms with E-state index in [0.717, 1.165) is 5.56 Å². The highest BCUT2D eigenvalue weighted by molar-refractivity contribution is 7.99. The maximum Gasteiger partial charge on any atom is 0.253 e. The average Bonchev–Trinajstić information content (AvgIpc) is 2.53. The van der Waals surface area contributed by atoms with Gasteiger partial charge < -0.3 is 9.80 Å². The second kappa shape index (κ2) is 8.26. The standard InChI is InChI=1S/C20H30N2O2S/c1-15(2)25-17-8-6-16(7-9-17)19(24)22-12-10-21(11-13-22)18(23)14-20(3,4)5/h6-9,15H,10-14H2,1-5H3. The van der Waals surface area contributed by atoms with E-state index in [0.29, 0.717) is 37.8 Å². The predicted octanol–water partition coefficient (Wildman–Crippen LogP) is 3.91. The van der Waals surface area contributed by atoms with Crippen LogP contribution in [0, 0.1) is 5.41 Å². The number of benzene rings is 1. The number of carbonyl (C=O) groups is 2. The molecule has 2 rings (SSSR count). The molecule has 0 bridgehead atoms. The first-order valence-electron chi connectivity index (χ1n) is 8.99. The van der Waals surface area contributed by atoms with Crippen molar-refractivity contribution in [2.45, 2.75) is 51.2 Å². The minimum Gasteiger partial charge on any atom is -0.339 e. The Bertz CT molecular complexity index is 597. The maximum atomic E-state index is 12.7. The van der Waals surface area contributed by atoms with Crippen molar-refractivity contribution in [3.8, 4) is 0 Å². The van der Waals surface area contributed by atoms with E-state index in [1.54, 1.807) is 11.8 Å². The fraction of sp³-hybridized carbons (Fsp3) is 0.600. The molecule has 1 aliphatic heterocycles. The Hall–Kier alpha value is -1.49. The van der Waals surface area contributed by atoms with E-state index in [9.17, 15) is 9.59 Å². The SMILES string of the molecule is CC(C)Sc1ccc(C(=O)N2CCN(C(=O)CC(C)(C)C)CC2)cc1. The Morgan fingerprint density at radius 3 is 2.00 bits per heavy atom. The van der Waals surface area contributed by atoms with Crippen molar-refractivity contribution in [1.82, 2.24) is 9.80 Å². The summed E-state index contributed by atoms with van der Waals surface area (Å²) in [5.74, 6) is 0.249. The van der Waals surface area contributed by atoms with Gasteiger partial charge in [0.1, 0.15) is 0 Å². The van der Waals surface area contributed by atoms with Crippen LogP contribution in [-0.4, -0.2) is 53.0 Å². The number of hydrogen-bond donors (Lipinski definition) is 0. The molecule has 0 saturated carbocycles. The summed E-state index contributed by atoms with van der Waals surface area (Å²) >= 11 is 1.79. The normalized spacial score (nSPS) is 15.6. The second-order valence-electron chi connectivity index (χ2n) is 8.10. The lowest BCUT2D eigenvalue weighted by Gasteiger charge is -2.36. The van der Waals surface area contributed by atoms with Crippen LogP contribution in [0.1, 0.15) is 51.4 Å². The highest BCUT2D eigenvalue weighted by Gasteiger charge is 2.27. The lowest BCUT2D eigenvalue weighted by molar-refractivity contribution is -0.134. The fourth-order valence-electron chi connectivity index (χ4n) is 2.86. The summed E-state index contributed by atoms with van der Waals surface area (Å²) in [5, 5.41) is 0.528. The van der Waals surface area contributed by atoms with E-state index in [1.165, 1.54) is 4.90 Å². The van der Waals surface area contributed by atoms with Crippen molar-refractivity contribution in [3.63, 3.8) is 0 Å². The minimum absolute atomic E-state index is 0.000217.